The Morgan fingerprint density at radius 2 is 1.89 bits per heavy atom. The molecule has 2 nitrogen and oxygen atoms in total. The average molecular weight is 310 g/mol. The Bertz CT molecular complexity index is 739. The van der Waals surface area contributed by atoms with Crippen molar-refractivity contribution in [3.63, 3.8) is 0 Å². The maximum Gasteiger partial charge on any atom is 0.230 e. The van der Waals surface area contributed by atoms with Gasteiger partial charge in [-0.05, 0) is 34.1 Å². The zero-order valence-electron chi connectivity index (χ0n) is 8.95. The fraction of sp³-hybridized carbons (Fsp3) is 0. The van der Waals surface area contributed by atoms with E-state index in [-0.39, 0.29) is 11.5 Å². The smallest absolute Gasteiger partial charge is 0.230 e. The van der Waals surface area contributed by atoms with Gasteiger partial charge in [-0.2, -0.15) is 0 Å². The quantitative estimate of drug-likeness (QED) is 0.660. The second kappa shape index (κ2) is 4.17. The monoisotopic (exact) mass is 309 g/mol. The molecule has 0 atom stereocenters. The van der Waals surface area contributed by atoms with Crippen molar-refractivity contribution in [3.05, 3.63) is 52.5 Å². The summed E-state index contributed by atoms with van der Waals surface area (Å²) in [5.74, 6) is -0.724. The Labute approximate surface area is 109 Å². The van der Waals surface area contributed by atoms with Crippen LogP contribution in [-0.2, 0) is 0 Å². The number of benzene rings is 2. The minimum Gasteiger partial charge on any atom is -0.435 e. The van der Waals surface area contributed by atoms with Crippen molar-refractivity contribution in [2.75, 3.05) is 0 Å². The van der Waals surface area contributed by atoms with Crippen LogP contribution >= 0.6 is 15.9 Å². The first kappa shape index (κ1) is 11.3. The third kappa shape index (κ3) is 1.80. The maximum absolute atomic E-state index is 13.6. The Kier molecular flexibility index (Phi) is 2.63. The molecule has 5 heteroatoms. The van der Waals surface area contributed by atoms with E-state index in [4.69, 9.17) is 4.42 Å². The SMILES string of the molecule is Fc1cc(Br)c2oc(-c3ccccc3F)nc2c1. The van der Waals surface area contributed by atoms with Gasteiger partial charge in [0.05, 0.1) is 10.0 Å². The molecule has 0 aliphatic rings. The van der Waals surface area contributed by atoms with Crippen LogP contribution in [0.1, 0.15) is 0 Å². The van der Waals surface area contributed by atoms with E-state index in [9.17, 15) is 8.78 Å². The zero-order valence-corrected chi connectivity index (χ0v) is 10.5. The predicted octanol–water partition coefficient (Wildman–Crippen LogP) is 4.54. The van der Waals surface area contributed by atoms with Crippen LogP contribution in [0.5, 0.6) is 0 Å². The van der Waals surface area contributed by atoms with Gasteiger partial charge in [0, 0.05) is 6.07 Å². The van der Waals surface area contributed by atoms with Gasteiger partial charge in [0.1, 0.15) is 17.2 Å². The van der Waals surface area contributed by atoms with Crippen LogP contribution in [0, 0.1) is 11.6 Å². The lowest BCUT2D eigenvalue weighted by Crippen LogP contribution is -1.82. The van der Waals surface area contributed by atoms with E-state index in [1.54, 1.807) is 18.2 Å². The van der Waals surface area contributed by atoms with Gasteiger partial charge in [-0.1, -0.05) is 12.1 Å². The molecule has 0 N–H and O–H groups in total. The van der Waals surface area contributed by atoms with E-state index in [1.165, 1.54) is 18.2 Å². The molecule has 2 aromatic carbocycles. The Hall–Kier alpha value is -1.75. The molecule has 0 spiro atoms. The number of nitrogens with zero attached hydrogens (tertiary/aromatic N) is 1. The van der Waals surface area contributed by atoms with Crippen LogP contribution in [0.2, 0.25) is 0 Å². The molecule has 0 radical (unpaired) electrons. The maximum atomic E-state index is 13.6. The largest absolute Gasteiger partial charge is 0.435 e. The minimum atomic E-state index is -0.430. The molecule has 1 aromatic heterocycles. The summed E-state index contributed by atoms with van der Waals surface area (Å²) in [5, 5.41) is 0. The summed E-state index contributed by atoms with van der Waals surface area (Å²) in [4.78, 5) is 4.09. The summed E-state index contributed by atoms with van der Waals surface area (Å²) in [6, 6.07) is 8.66. The summed E-state index contributed by atoms with van der Waals surface area (Å²) in [5.41, 5.74) is 0.996. The van der Waals surface area contributed by atoms with Crippen molar-refractivity contribution >= 4 is 27.0 Å². The molecular weight excluding hydrogens is 304 g/mol. The number of hydrogen-bond acceptors (Lipinski definition) is 2. The van der Waals surface area contributed by atoms with Gasteiger partial charge in [-0.3, -0.25) is 0 Å². The Balaban J connectivity index is 2.26. The highest BCUT2D eigenvalue weighted by molar-refractivity contribution is 9.10. The molecule has 1 heterocycles. The van der Waals surface area contributed by atoms with Crippen molar-refractivity contribution in [2.24, 2.45) is 0 Å². The minimum absolute atomic E-state index is 0.134. The van der Waals surface area contributed by atoms with Gasteiger partial charge in [0.15, 0.2) is 5.58 Å². The van der Waals surface area contributed by atoms with Crippen molar-refractivity contribution < 1.29 is 13.2 Å². The second-order valence-electron chi connectivity index (χ2n) is 3.73. The van der Waals surface area contributed by atoms with Crippen LogP contribution in [0.4, 0.5) is 8.78 Å². The summed E-state index contributed by atoms with van der Waals surface area (Å²) >= 11 is 3.18. The fourth-order valence-electron chi connectivity index (χ4n) is 1.71. The molecular formula is C13H6BrF2NO. The molecule has 18 heavy (non-hydrogen) atoms. The van der Waals surface area contributed by atoms with Gasteiger partial charge in [-0.15, -0.1) is 0 Å². The molecule has 3 aromatic rings. The first-order chi connectivity index (χ1) is 8.65. The molecule has 0 aliphatic heterocycles. The summed E-state index contributed by atoms with van der Waals surface area (Å²) in [6.45, 7) is 0. The summed E-state index contributed by atoms with van der Waals surface area (Å²) in [7, 11) is 0. The molecule has 0 fully saturated rings. The highest BCUT2D eigenvalue weighted by Gasteiger charge is 2.14. The lowest BCUT2D eigenvalue weighted by Gasteiger charge is -1.95. The first-order valence-corrected chi connectivity index (χ1v) is 5.95. The van der Waals surface area contributed by atoms with Crippen LogP contribution in [0.25, 0.3) is 22.6 Å². The number of hydrogen-bond donors (Lipinski definition) is 0. The van der Waals surface area contributed by atoms with Gasteiger partial charge >= 0.3 is 0 Å². The standard InChI is InChI=1S/C13H6BrF2NO/c14-9-5-7(15)6-11-12(9)18-13(17-11)8-3-1-2-4-10(8)16/h1-6H. The van der Waals surface area contributed by atoms with Crippen LogP contribution in [0.15, 0.2) is 45.3 Å². The van der Waals surface area contributed by atoms with Gasteiger partial charge in [-0.25, -0.2) is 13.8 Å². The number of rotatable bonds is 1. The predicted molar refractivity (Wildman–Crippen MR) is 67.1 cm³/mol. The zero-order chi connectivity index (χ0) is 12.7. The first-order valence-electron chi connectivity index (χ1n) is 5.15. The molecule has 3 rings (SSSR count). The van der Waals surface area contributed by atoms with Crippen molar-refractivity contribution in [2.45, 2.75) is 0 Å². The summed E-state index contributed by atoms with van der Waals surface area (Å²) < 4.78 is 32.7. The molecule has 0 amide bonds. The van der Waals surface area contributed by atoms with Gasteiger partial charge < -0.3 is 4.42 Å². The van der Waals surface area contributed by atoms with Crippen molar-refractivity contribution in [3.8, 4) is 11.5 Å². The van der Waals surface area contributed by atoms with E-state index in [0.29, 0.717) is 15.6 Å². The van der Waals surface area contributed by atoms with E-state index in [0.717, 1.165) is 0 Å². The number of aromatic nitrogens is 1. The Morgan fingerprint density at radius 3 is 2.67 bits per heavy atom. The Morgan fingerprint density at radius 1 is 1.11 bits per heavy atom. The number of fused-ring (bicyclic) bond motifs is 1. The van der Waals surface area contributed by atoms with Crippen molar-refractivity contribution in [1.82, 2.24) is 4.98 Å². The lowest BCUT2D eigenvalue weighted by atomic mass is 10.2. The fourth-order valence-corrected chi connectivity index (χ4v) is 2.21. The van der Waals surface area contributed by atoms with Crippen LogP contribution in [0.3, 0.4) is 0 Å². The third-order valence-electron chi connectivity index (χ3n) is 2.51. The lowest BCUT2D eigenvalue weighted by molar-refractivity contribution is 0.591. The van der Waals surface area contributed by atoms with Crippen LogP contribution in [-0.4, -0.2) is 4.98 Å². The van der Waals surface area contributed by atoms with Crippen LogP contribution < -0.4 is 0 Å². The topological polar surface area (TPSA) is 26.0 Å². The second-order valence-corrected chi connectivity index (χ2v) is 4.59. The normalized spacial score (nSPS) is 11.1. The molecule has 0 unspecified atom stereocenters. The molecule has 0 saturated heterocycles. The molecule has 0 aliphatic carbocycles. The van der Waals surface area contributed by atoms with E-state index < -0.39 is 11.6 Å². The number of oxazole rings is 1. The van der Waals surface area contributed by atoms with E-state index >= 15 is 0 Å². The molecule has 0 bridgehead atoms. The average Bonchev–Trinajstić information content (AvgIpc) is 2.73. The molecule has 90 valence electrons. The number of halogens is 3. The van der Waals surface area contributed by atoms with E-state index in [2.05, 4.69) is 20.9 Å². The molecule has 0 saturated carbocycles. The van der Waals surface area contributed by atoms with Crippen molar-refractivity contribution in [1.29, 1.82) is 0 Å². The van der Waals surface area contributed by atoms with E-state index in [1.807, 2.05) is 0 Å². The highest BCUT2D eigenvalue weighted by Crippen LogP contribution is 2.31. The van der Waals surface area contributed by atoms with Gasteiger partial charge in [0.2, 0.25) is 5.89 Å². The summed E-state index contributed by atoms with van der Waals surface area (Å²) in [6.07, 6.45) is 0. The van der Waals surface area contributed by atoms with Gasteiger partial charge in [0.25, 0.3) is 0 Å². The third-order valence-corrected chi connectivity index (χ3v) is 3.10. The highest BCUT2D eigenvalue weighted by atomic mass is 79.9.